The number of anilines is 1. The predicted octanol–water partition coefficient (Wildman–Crippen LogP) is 2.89. The van der Waals surface area contributed by atoms with E-state index in [1.165, 1.54) is 11.8 Å². The number of aromatic nitrogens is 3. The quantitative estimate of drug-likeness (QED) is 0.790. The molecule has 4 rings (SSSR count). The number of morpholine rings is 1. The van der Waals surface area contributed by atoms with Gasteiger partial charge in [0.15, 0.2) is 5.82 Å². The first-order valence-electron chi connectivity index (χ1n) is 8.33. The molecule has 2 aromatic rings. The Morgan fingerprint density at radius 2 is 1.96 bits per heavy atom. The lowest BCUT2D eigenvalue weighted by atomic mass is 10.2. The second-order valence-electron chi connectivity index (χ2n) is 5.78. The summed E-state index contributed by atoms with van der Waals surface area (Å²) in [6.45, 7) is 2.55. The fourth-order valence-electron chi connectivity index (χ4n) is 2.74. The number of nitrogens with zero attached hydrogens (tertiary/aromatic N) is 5. The summed E-state index contributed by atoms with van der Waals surface area (Å²) in [5.41, 5.74) is 2.30. The Balaban J connectivity index is 1.64. The lowest BCUT2D eigenvalue weighted by Gasteiger charge is -2.26. The summed E-state index contributed by atoms with van der Waals surface area (Å²) in [5.74, 6) is 0.720. The van der Waals surface area contributed by atoms with Gasteiger partial charge in [0.1, 0.15) is 11.6 Å². The highest BCUT2D eigenvalue weighted by Crippen LogP contribution is 2.34. The molecule has 2 aliphatic rings. The molecule has 2 aliphatic heterocycles. The van der Waals surface area contributed by atoms with Crippen LogP contribution in [0.1, 0.15) is 11.4 Å². The molecule has 27 heavy (non-hydrogen) atoms. The van der Waals surface area contributed by atoms with E-state index in [0.717, 1.165) is 11.3 Å². The molecular weight excluding hydrogens is 384 g/mol. The Hall–Kier alpha value is -2.60. The Labute approximate surface area is 165 Å². The number of hydrogen-bond donors (Lipinski definition) is 1. The minimum atomic E-state index is 0.0640. The van der Waals surface area contributed by atoms with Crippen LogP contribution >= 0.6 is 23.4 Å². The summed E-state index contributed by atoms with van der Waals surface area (Å²) in [5, 5.41) is 15.7. The lowest BCUT2D eigenvalue weighted by molar-refractivity contribution is 0.122. The SMILES string of the molecule is N#CC(=C1NC(c2ccccc2)=CS1)c1nc(Cl)nc(N2CCOCC2)n1. The van der Waals surface area contributed by atoms with E-state index in [1.807, 2.05) is 40.6 Å². The zero-order valence-electron chi connectivity index (χ0n) is 14.2. The molecule has 0 bridgehead atoms. The van der Waals surface area contributed by atoms with Crippen LogP contribution in [-0.4, -0.2) is 41.3 Å². The van der Waals surface area contributed by atoms with Gasteiger partial charge in [0.25, 0.3) is 0 Å². The highest BCUT2D eigenvalue weighted by Gasteiger charge is 2.22. The van der Waals surface area contributed by atoms with Crippen molar-refractivity contribution >= 4 is 40.6 Å². The second kappa shape index (κ2) is 7.96. The predicted molar refractivity (Wildman–Crippen MR) is 106 cm³/mol. The molecule has 136 valence electrons. The summed E-state index contributed by atoms with van der Waals surface area (Å²) in [4.78, 5) is 14.8. The maximum Gasteiger partial charge on any atom is 0.230 e. The van der Waals surface area contributed by atoms with E-state index >= 15 is 0 Å². The van der Waals surface area contributed by atoms with Crippen LogP contribution in [0.5, 0.6) is 0 Å². The molecular formula is C18H15ClN6OS. The van der Waals surface area contributed by atoms with Crippen LogP contribution in [0.4, 0.5) is 5.95 Å². The minimum Gasteiger partial charge on any atom is -0.378 e. The number of halogens is 1. The van der Waals surface area contributed by atoms with Gasteiger partial charge in [-0.1, -0.05) is 42.1 Å². The maximum absolute atomic E-state index is 9.73. The Morgan fingerprint density at radius 3 is 2.70 bits per heavy atom. The summed E-state index contributed by atoms with van der Waals surface area (Å²) in [7, 11) is 0. The van der Waals surface area contributed by atoms with Gasteiger partial charge in [-0.3, -0.25) is 0 Å². The molecule has 0 saturated carbocycles. The summed E-state index contributed by atoms with van der Waals surface area (Å²) in [6, 6.07) is 12.1. The number of rotatable bonds is 3. The van der Waals surface area contributed by atoms with Gasteiger partial charge in [0, 0.05) is 18.5 Å². The number of nitrogens with one attached hydrogen (secondary N) is 1. The molecule has 1 fully saturated rings. The zero-order chi connectivity index (χ0) is 18.6. The fraction of sp³-hybridized carbons (Fsp3) is 0.222. The summed E-state index contributed by atoms with van der Waals surface area (Å²) >= 11 is 7.54. The van der Waals surface area contributed by atoms with E-state index < -0.39 is 0 Å². The van der Waals surface area contributed by atoms with E-state index in [1.54, 1.807) is 0 Å². The first-order chi connectivity index (χ1) is 13.2. The van der Waals surface area contributed by atoms with Gasteiger partial charge < -0.3 is 15.0 Å². The van der Waals surface area contributed by atoms with Crippen molar-refractivity contribution in [1.82, 2.24) is 20.3 Å². The molecule has 0 amide bonds. The van der Waals surface area contributed by atoms with Gasteiger partial charge in [-0.2, -0.15) is 20.2 Å². The molecule has 0 unspecified atom stereocenters. The van der Waals surface area contributed by atoms with Crippen LogP contribution < -0.4 is 10.2 Å². The first-order valence-corrected chi connectivity index (χ1v) is 9.58. The topological polar surface area (TPSA) is 87.0 Å². The molecule has 7 nitrogen and oxygen atoms in total. The molecule has 0 aliphatic carbocycles. The molecule has 9 heteroatoms. The van der Waals surface area contributed by atoms with Crippen molar-refractivity contribution < 1.29 is 4.74 Å². The third-order valence-electron chi connectivity index (χ3n) is 4.08. The van der Waals surface area contributed by atoms with Crippen molar-refractivity contribution in [2.75, 3.05) is 31.2 Å². The molecule has 1 N–H and O–H groups in total. The van der Waals surface area contributed by atoms with Gasteiger partial charge in [-0.25, -0.2) is 0 Å². The molecule has 1 aromatic heterocycles. The standard InChI is InChI=1S/C18H15ClN6OS/c19-17-22-15(23-18(24-17)25-6-8-26-9-7-25)13(10-20)16-21-14(11-27-16)12-4-2-1-3-5-12/h1-5,11,21H,6-9H2. The van der Waals surface area contributed by atoms with E-state index in [0.29, 0.717) is 42.9 Å². The van der Waals surface area contributed by atoms with Crippen molar-refractivity contribution in [3.8, 4) is 6.07 Å². The van der Waals surface area contributed by atoms with E-state index in [9.17, 15) is 5.26 Å². The fourth-order valence-corrected chi connectivity index (χ4v) is 3.75. The Bertz CT molecular complexity index is 950. The third-order valence-corrected chi connectivity index (χ3v) is 5.14. The number of benzene rings is 1. The van der Waals surface area contributed by atoms with Gasteiger partial charge in [-0.15, -0.1) is 0 Å². The number of allylic oxidation sites excluding steroid dienone is 1. The van der Waals surface area contributed by atoms with Gasteiger partial charge in [-0.05, 0) is 17.2 Å². The second-order valence-corrected chi connectivity index (χ2v) is 7.00. The number of ether oxygens (including phenoxy) is 1. The molecule has 0 atom stereocenters. The van der Waals surface area contributed by atoms with Crippen LogP contribution in [0.25, 0.3) is 11.3 Å². The van der Waals surface area contributed by atoms with Crippen molar-refractivity contribution in [1.29, 1.82) is 5.26 Å². The molecule has 1 aromatic carbocycles. The average molecular weight is 399 g/mol. The smallest absolute Gasteiger partial charge is 0.230 e. The lowest BCUT2D eigenvalue weighted by Crippen LogP contribution is -2.37. The van der Waals surface area contributed by atoms with Crippen LogP contribution in [0.15, 0.2) is 40.8 Å². The van der Waals surface area contributed by atoms with Crippen molar-refractivity contribution in [2.24, 2.45) is 0 Å². The van der Waals surface area contributed by atoms with Crippen molar-refractivity contribution in [3.63, 3.8) is 0 Å². The van der Waals surface area contributed by atoms with Crippen LogP contribution in [-0.2, 0) is 4.74 Å². The van der Waals surface area contributed by atoms with E-state index in [4.69, 9.17) is 16.3 Å². The maximum atomic E-state index is 9.73. The van der Waals surface area contributed by atoms with Crippen molar-refractivity contribution in [2.45, 2.75) is 0 Å². The zero-order valence-corrected chi connectivity index (χ0v) is 15.8. The molecule has 3 heterocycles. The normalized spacial score (nSPS) is 18.5. The first kappa shape index (κ1) is 17.8. The Kier molecular flexibility index (Phi) is 5.25. The van der Waals surface area contributed by atoms with Gasteiger partial charge in [0.2, 0.25) is 11.2 Å². The Morgan fingerprint density at radius 1 is 1.19 bits per heavy atom. The van der Waals surface area contributed by atoms with Crippen LogP contribution in [0.2, 0.25) is 5.28 Å². The monoisotopic (exact) mass is 398 g/mol. The number of hydrogen-bond acceptors (Lipinski definition) is 8. The molecule has 0 radical (unpaired) electrons. The summed E-state index contributed by atoms with van der Waals surface area (Å²) in [6.07, 6.45) is 0. The van der Waals surface area contributed by atoms with Gasteiger partial charge in [0.05, 0.1) is 23.9 Å². The third kappa shape index (κ3) is 3.90. The number of nitriles is 1. The summed E-state index contributed by atoms with van der Waals surface area (Å²) < 4.78 is 5.36. The number of thioether (sulfide) groups is 1. The molecule has 1 saturated heterocycles. The minimum absolute atomic E-state index is 0.0640. The van der Waals surface area contributed by atoms with E-state index in [-0.39, 0.29) is 11.1 Å². The average Bonchev–Trinajstić information content (AvgIpc) is 3.19. The van der Waals surface area contributed by atoms with E-state index in [2.05, 4.69) is 26.3 Å². The largest absolute Gasteiger partial charge is 0.378 e. The van der Waals surface area contributed by atoms with Crippen LogP contribution in [0.3, 0.4) is 0 Å². The molecule has 0 spiro atoms. The highest BCUT2D eigenvalue weighted by atomic mass is 35.5. The van der Waals surface area contributed by atoms with Crippen LogP contribution in [0, 0.1) is 11.3 Å². The highest BCUT2D eigenvalue weighted by molar-refractivity contribution is 8.06. The van der Waals surface area contributed by atoms with Crippen molar-refractivity contribution in [3.05, 3.63) is 57.4 Å². The van der Waals surface area contributed by atoms with Gasteiger partial charge >= 0.3 is 0 Å².